The Hall–Kier alpha value is -1.46. The largest absolute Gasteiger partial charge is 0.409 e. The van der Waals surface area contributed by atoms with Crippen molar-refractivity contribution < 1.29 is 9.94 Å². The summed E-state index contributed by atoms with van der Waals surface area (Å²) in [4.78, 5) is 2.16. The van der Waals surface area contributed by atoms with E-state index in [0.717, 1.165) is 12.2 Å². The van der Waals surface area contributed by atoms with Gasteiger partial charge in [-0.1, -0.05) is 22.8 Å². The molecule has 0 spiro atoms. The summed E-state index contributed by atoms with van der Waals surface area (Å²) in [6, 6.07) is 5.51. The summed E-state index contributed by atoms with van der Waals surface area (Å²) in [7, 11) is 0. The third-order valence-electron chi connectivity index (χ3n) is 3.27. The smallest absolute Gasteiger partial charge is 0.173 e. The van der Waals surface area contributed by atoms with Crippen molar-refractivity contribution >= 4 is 23.1 Å². The Morgan fingerprint density at radius 2 is 2.25 bits per heavy atom. The number of nitrogens with zero attached hydrogens (tertiary/aromatic N) is 2. The van der Waals surface area contributed by atoms with Crippen LogP contribution in [0.15, 0.2) is 23.4 Å². The number of nitrogens with two attached hydrogens (primary N) is 1. The molecule has 0 amide bonds. The number of morpholine rings is 1. The van der Waals surface area contributed by atoms with Crippen molar-refractivity contribution in [3.05, 3.63) is 28.8 Å². The zero-order valence-electron chi connectivity index (χ0n) is 11.9. The van der Waals surface area contributed by atoms with Crippen LogP contribution in [0.4, 0.5) is 5.69 Å². The van der Waals surface area contributed by atoms with Crippen LogP contribution in [0.25, 0.3) is 0 Å². The maximum atomic E-state index is 8.95. The van der Waals surface area contributed by atoms with Gasteiger partial charge in [0.2, 0.25) is 0 Å². The van der Waals surface area contributed by atoms with Crippen LogP contribution in [-0.4, -0.2) is 35.8 Å². The molecule has 1 heterocycles. The van der Waals surface area contributed by atoms with Crippen LogP contribution in [0, 0.1) is 0 Å². The number of oxime groups is 1. The number of hydrogen-bond acceptors (Lipinski definition) is 4. The third-order valence-corrected chi connectivity index (χ3v) is 3.58. The summed E-state index contributed by atoms with van der Waals surface area (Å²) in [5, 5.41) is 12.5. The van der Waals surface area contributed by atoms with Crippen LogP contribution in [0.2, 0.25) is 5.02 Å². The molecule has 1 saturated heterocycles. The maximum absolute atomic E-state index is 8.95. The van der Waals surface area contributed by atoms with Crippen molar-refractivity contribution in [1.29, 1.82) is 0 Å². The predicted octanol–water partition coefficient (Wildman–Crippen LogP) is 2.44. The van der Waals surface area contributed by atoms with Crippen molar-refractivity contribution in [2.45, 2.75) is 32.5 Å². The second-order valence-electron chi connectivity index (χ2n) is 5.69. The van der Waals surface area contributed by atoms with Gasteiger partial charge in [-0.3, -0.25) is 0 Å². The Balaban J connectivity index is 2.45. The molecule has 0 aromatic heterocycles. The molecule has 20 heavy (non-hydrogen) atoms. The van der Waals surface area contributed by atoms with E-state index in [2.05, 4.69) is 10.1 Å². The standard InChI is InChI=1S/C14H20ClN3O2/c1-9-7-18(8-14(2,3)20-9)11-6-4-5-10(15)12(11)13(16)17-19/h4-6,9,19H,7-8H2,1-3H3,(H2,16,17). The molecule has 1 aromatic rings. The molecular weight excluding hydrogens is 278 g/mol. The van der Waals surface area contributed by atoms with E-state index in [9.17, 15) is 0 Å². The number of benzene rings is 1. The van der Waals surface area contributed by atoms with Crippen molar-refractivity contribution in [2.75, 3.05) is 18.0 Å². The van der Waals surface area contributed by atoms with E-state index in [0.29, 0.717) is 17.1 Å². The van der Waals surface area contributed by atoms with E-state index in [1.165, 1.54) is 0 Å². The van der Waals surface area contributed by atoms with E-state index in [1.54, 1.807) is 6.07 Å². The number of anilines is 1. The number of hydrogen-bond donors (Lipinski definition) is 2. The molecule has 6 heteroatoms. The summed E-state index contributed by atoms with van der Waals surface area (Å²) in [5.74, 6) is 0.0163. The van der Waals surface area contributed by atoms with Gasteiger partial charge < -0.3 is 20.6 Å². The molecule has 0 bridgehead atoms. The molecule has 1 unspecified atom stereocenters. The van der Waals surface area contributed by atoms with Gasteiger partial charge in [0.1, 0.15) is 0 Å². The number of ether oxygens (including phenoxy) is 1. The van der Waals surface area contributed by atoms with Gasteiger partial charge in [0.05, 0.1) is 22.3 Å². The van der Waals surface area contributed by atoms with E-state index < -0.39 is 0 Å². The average molecular weight is 298 g/mol. The van der Waals surface area contributed by atoms with Gasteiger partial charge in [-0.25, -0.2) is 0 Å². The molecule has 1 aromatic carbocycles. The van der Waals surface area contributed by atoms with Gasteiger partial charge in [-0.15, -0.1) is 0 Å². The molecule has 1 aliphatic heterocycles. The number of amidine groups is 1. The quantitative estimate of drug-likeness (QED) is 0.381. The molecule has 3 N–H and O–H groups in total. The van der Waals surface area contributed by atoms with Gasteiger partial charge in [-0.2, -0.15) is 0 Å². The van der Waals surface area contributed by atoms with E-state index >= 15 is 0 Å². The monoisotopic (exact) mass is 297 g/mol. The molecule has 0 radical (unpaired) electrons. The first-order chi connectivity index (χ1) is 9.34. The highest BCUT2D eigenvalue weighted by Gasteiger charge is 2.32. The molecule has 0 aliphatic carbocycles. The molecule has 5 nitrogen and oxygen atoms in total. The molecule has 0 saturated carbocycles. The second-order valence-corrected chi connectivity index (χ2v) is 6.10. The summed E-state index contributed by atoms with van der Waals surface area (Å²) in [6.07, 6.45) is 0.0953. The fourth-order valence-electron chi connectivity index (χ4n) is 2.72. The molecule has 1 fully saturated rings. The number of rotatable bonds is 2. The Labute approximate surface area is 124 Å². The Morgan fingerprint density at radius 3 is 2.85 bits per heavy atom. The number of halogens is 1. The lowest BCUT2D eigenvalue weighted by Crippen LogP contribution is -2.52. The molecule has 110 valence electrons. The maximum Gasteiger partial charge on any atom is 0.173 e. The Morgan fingerprint density at radius 1 is 1.55 bits per heavy atom. The second kappa shape index (κ2) is 5.50. The van der Waals surface area contributed by atoms with Crippen LogP contribution >= 0.6 is 11.6 Å². The lowest BCUT2D eigenvalue weighted by atomic mass is 10.0. The summed E-state index contributed by atoms with van der Waals surface area (Å²) in [6.45, 7) is 7.56. The summed E-state index contributed by atoms with van der Waals surface area (Å²) in [5.41, 5.74) is 6.92. The lowest BCUT2D eigenvalue weighted by molar-refractivity contribution is -0.0749. The first-order valence-electron chi connectivity index (χ1n) is 6.53. The van der Waals surface area contributed by atoms with Gasteiger partial charge >= 0.3 is 0 Å². The summed E-state index contributed by atoms with van der Waals surface area (Å²) >= 11 is 6.20. The Kier molecular flexibility index (Phi) is 4.11. The minimum Gasteiger partial charge on any atom is -0.409 e. The van der Waals surface area contributed by atoms with Crippen molar-refractivity contribution in [3.8, 4) is 0 Å². The van der Waals surface area contributed by atoms with Crippen molar-refractivity contribution in [3.63, 3.8) is 0 Å². The van der Waals surface area contributed by atoms with Crippen LogP contribution in [0.5, 0.6) is 0 Å². The van der Waals surface area contributed by atoms with Crippen LogP contribution in [0.3, 0.4) is 0 Å². The highest BCUT2D eigenvalue weighted by Crippen LogP contribution is 2.31. The molecular formula is C14H20ClN3O2. The SMILES string of the molecule is CC1CN(c2cccc(Cl)c2C(N)=NO)CC(C)(C)O1. The van der Waals surface area contributed by atoms with Gasteiger partial charge in [0.15, 0.2) is 5.84 Å². The van der Waals surface area contributed by atoms with Gasteiger partial charge in [-0.05, 0) is 32.9 Å². The molecule has 1 aliphatic rings. The fourth-order valence-corrected chi connectivity index (χ4v) is 2.98. The van der Waals surface area contributed by atoms with E-state index in [1.807, 2.05) is 32.9 Å². The zero-order chi connectivity index (χ0) is 14.9. The normalized spacial score (nSPS) is 22.9. The van der Waals surface area contributed by atoms with E-state index in [-0.39, 0.29) is 17.5 Å². The topological polar surface area (TPSA) is 71.1 Å². The van der Waals surface area contributed by atoms with Crippen LogP contribution in [-0.2, 0) is 4.74 Å². The minimum atomic E-state index is -0.262. The fraction of sp³-hybridized carbons (Fsp3) is 0.500. The molecule has 2 rings (SSSR count). The highest BCUT2D eigenvalue weighted by molar-refractivity contribution is 6.34. The highest BCUT2D eigenvalue weighted by atomic mass is 35.5. The molecule has 1 atom stereocenters. The first kappa shape index (κ1) is 14.9. The van der Waals surface area contributed by atoms with Crippen LogP contribution < -0.4 is 10.6 Å². The van der Waals surface area contributed by atoms with Crippen molar-refractivity contribution in [2.24, 2.45) is 10.9 Å². The third kappa shape index (κ3) is 2.99. The van der Waals surface area contributed by atoms with Crippen molar-refractivity contribution in [1.82, 2.24) is 0 Å². The van der Waals surface area contributed by atoms with E-state index in [4.69, 9.17) is 27.3 Å². The lowest BCUT2D eigenvalue weighted by Gasteiger charge is -2.43. The zero-order valence-corrected chi connectivity index (χ0v) is 12.7. The average Bonchev–Trinajstić information content (AvgIpc) is 2.35. The Bertz CT molecular complexity index is 531. The first-order valence-corrected chi connectivity index (χ1v) is 6.91. The summed E-state index contributed by atoms with van der Waals surface area (Å²) < 4.78 is 5.90. The van der Waals surface area contributed by atoms with Gasteiger partial charge in [0, 0.05) is 18.8 Å². The predicted molar refractivity (Wildman–Crippen MR) is 80.8 cm³/mol. The van der Waals surface area contributed by atoms with Crippen LogP contribution in [0.1, 0.15) is 26.3 Å². The van der Waals surface area contributed by atoms with Gasteiger partial charge in [0.25, 0.3) is 0 Å². The minimum absolute atomic E-state index is 0.0163.